The molecule has 1 aromatic carbocycles. The highest BCUT2D eigenvalue weighted by Gasteiger charge is 2.06. The highest BCUT2D eigenvalue weighted by atomic mass is 79.9. The molecule has 0 aromatic heterocycles. The van der Waals surface area contributed by atoms with Gasteiger partial charge in [-0.05, 0) is 24.1 Å². The zero-order valence-corrected chi connectivity index (χ0v) is 13.2. The molecule has 0 unspecified atom stereocenters. The molecule has 0 atom stereocenters. The van der Waals surface area contributed by atoms with Crippen LogP contribution in [0, 0.1) is 11.3 Å². The lowest BCUT2D eigenvalue weighted by atomic mass is 10.1. The van der Waals surface area contributed by atoms with E-state index in [-0.39, 0.29) is 5.57 Å². The van der Waals surface area contributed by atoms with Gasteiger partial charge in [0.25, 0.3) is 5.91 Å². The molecule has 0 saturated carbocycles. The summed E-state index contributed by atoms with van der Waals surface area (Å²) < 4.78 is 1.04. The first-order chi connectivity index (χ1) is 9.67. The third-order valence-corrected chi connectivity index (χ3v) is 3.18. The van der Waals surface area contributed by atoms with Gasteiger partial charge in [-0.25, -0.2) is 0 Å². The van der Waals surface area contributed by atoms with Crippen LogP contribution in [0.4, 0.5) is 0 Å². The molecule has 0 aliphatic carbocycles. The quantitative estimate of drug-likeness (QED) is 0.341. The van der Waals surface area contributed by atoms with Crippen molar-refractivity contribution in [1.82, 2.24) is 10.6 Å². The standard InChI is InChI=1S/C14H15BrClN3O/c15-13-3-1-11(2-4-13)5-7-18-10-12(9-17)14(20)19-8-6-16/h1-4,10,18H,5-8H2,(H,19,20)/b12-10-. The molecule has 0 radical (unpaired) electrons. The second-order valence-corrected chi connectivity index (χ2v) is 5.24. The average molecular weight is 357 g/mol. The minimum absolute atomic E-state index is 0.0472. The van der Waals surface area contributed by atoms with E-state index in [9.17, 15) is 4.79 Å². The number of hydrogen-bond donors (Lipinski definition) is 2. The lowest BCUT2D eigenvalue weighted by Gasteiger charge is -2.04. The Labute approximate surface area is 131 Å². The van der Waals surface area contributed by atoms with Crippen LogP contribution < -0.4 is 10.6 Å². The summed E-state index contributed by atoms with van der Waals surface area (Å²) in [5.74, 6) is -0.0918. The second kappa shape index (κ2) is 9.40. The molecule has 1 rings (SSSR count). The number of nitriles is 1. The van der Waals surface area contributed by atoms with E-state index in [1.807, 2.05) is 30.3 Å². The SMILES string of the molecule is N#C/C(=C/NCCc1ccc(Br)cc1)C(=O)NCCCl. The van der Waals surface area contributed by atoms with Crippen LogP contribution in [-0.4, -0.2) is 24.9 Å². The summed E-state index contributed by atoms with van der Waals surface area (Å²) in [4.78, 5) is 11.5. The molecule has 6 heteroatoms. The maximum Gasteiger partial charge on any atom is 0.263 e. The Morgan fingerprint density at radius 3 is 2.65 bits per heavy atom. The van der Waals surface area contributed by atoms with Crippen molar-refractivity contribution in [2.24, 2.45) is 0 Å². The third-order valence-electron chi connectivity index (χ3n) is 2.46. The van der Waals surface area contributed by atoms with Crippen LogP contribution in [0.15, 0.2) is 40.5 Å². The van der Waals surface area contributed by atoms with Crippen molar-refractivity contribution < 1.29 is 4.79 Å². The first-order valence-electron chi connectivity index (χ1n) is 6.09. The number of alkyl halides is 1. The van der Waals surface area contributed by atoms with E-state index in [1.165, 1.54) is 11.8 Å². The molecule has 4 nitrogen and oxygen atoms in total. The molecule has 1 aromatic rings. The van der Waals surface area contributed by atoms with Crippen molar-refractivity contribution in [3.63, 3.8) is 0 Å². The number of amides is 1. The minimum Gasteiger partial charge on any atom is -0.389 e. The number of carbonyl (C=O) groups is 1. The maximum atomic E-state index is 11.5. The molecule has 2 N–H and O–H groups in total. The largest absolute Gasteiger partial charge is 0.389 e. The molecule has 0 bridgehead atoms. The number of hydrogen-bond acceptors (Lipinski definition) is 3. The van der Waals surface area contributed by atoms with E-state index in [0.717, 1.165) is 10.9 Å². The Morgan fingerprint density at radius 2 is 2.05 bits per heavy atom. The number of halogens is 2. The lowest BCUT2D eigenvalue weighted by Crippen LogP contribution is -2.27. The Balaban J connectivity index is 2.40. The summed E-state index contributed by atoms with van der Waals surface area (Å²) in [6.45, 7) is 0.994. The Hall–Kier alpha value is -1.51. The smallest absolute Gasteiger partial charge is 0.263 e. The first kappa shape index (κ1) is 16.5. The van der Waals surface area contributed by atoms with E-state index in [1.54, 1.807) is 0 Å². The summed E-state index contributed by atoms with van der Waals surface area (Å²) in [5, 5.41) is 14.4. The van der Waals surface area contributed by atoms with Crippen LogP contribution in [0.3, 0.4) is 0 Å². The van der Waals surface area contributed by atoms with Crippen molar-refractivity contribution in [2.75, 3.05) is 19.0 Å². The molecular weight excluding hydrogens is 342 g/mol. The molecule has 0 saturated heterocycles. The van der Waals surface area contributed by atoms with Gasteiger partial charge >= 0.3 is 0 Å². The van der Waals surface area contributed by atoms with Gasteiger partial charge in [0.05, 0.1) is 0 Å². The first-order valence-corrected chi connectivity index (χ1v) is 7.42. The van der Waals surface area contributed by atoms with Gasteiger partial charge in [-0.15, -0.1) is 11.6 Å². The van der Waals surface area contributed by atoms with E-state index in [0.29, 0.717) is 19.0 Å². The Morgan fingerprint density at radius 1 is 1.35 bits per heavy atom. The summed E-state index contributed by atoms with van der Waals surface area (Å²) in [6.07, 6.45) is 2.24. The maximum absolute atomic E-state index is 11.5. The highest BCUT2D eigenvalue weighted by molar-refractivity contribution is 9.10. The van der Waals surface area contributed by atoms with E-state index in [4.69, 9.17) is 16.9 Å². The number of nitrogens with one attached hydrogen (secondary N) is 2. The van der Waals surface area contributed by atoms with Crippen LogP contribution in [0.5, 0.6) is 0 Å². The van der Waals surface area contributed by atoms with Crippen LogP contribution in [-0.2, 0) is 11.2 Å². The number of benzene rings is 1. The number of rotatable bonds is 7. The van der Waals surface area contributed by atoms with Gasteiger partial charge in [-0.1, -0.05) is 28.1 Å². The van der Waals surface area contributed by atoms with Crippen LogP contribution in [0.2, 0.25) is 0 Å². The monoisotopic (exact) mass is 355 g/mol. The van der Waals surface area contributed by atoms with E-state index in [2.05, 4.69) is 26.6 Å². The predicted molar refractivity (Wildman–Crippen MR) is 83.3 cm³/mol. The van der Waals surface area contributed by atoms with Gasteiger partial charge < -0.3 is 10.6 Å². The van der Waals surface area contributed by atoms with Crippen LogP contribution >= 0.6 is 27.5 Å². The van der Waals surface area contributed by atoms with Gasteiger partial charge in [-0.2, -0.15) is 5.26 Å². The van der Waals surface area contributed by atoms with Gasteiger partial charge in [0.15, 0.2) is 0 Å². The molecule has 0 spiro atoms. The molecule has 106 valence electrons. The summed E-state index contributed by atoms with van der Waals surface area (Å²) >= 11 is 8.84. The van der Waals surface area contributed by atoms with Crippen molar-refractivity contribution in [1.29, 1.82) is 5.26 Å². The van der Waals surface area contributed by atoms with Gasteiger partial charge in [-0.3, -0.25) is 4.79 Å². The molecule has 0 aliphatic rings. The topological polar surface area (TPSA) is 64.9 Å². The summed E-state index contributed by atoms with van der Waals surface area (Å²) in [6, 6.07) is 9.85. The fraction of sp³-hybridized carbons (Fsp3) is 0.286. The van der Waals surface area contributed by atoms with Crippen LogP contribution in [0.1, 0.15) is 5.56 Å². The van der Waals surface area contributed by atoms with Gasteiger partial charge in [0.1, 0.15) is 11.6 Å². The van der Waals surface area contributed by atoms with Crippen molar-refractivity contribution in [2.45, 2.75) is 6.42 Å². The summed E-state index contributed by atoms with van der Waals surface area (Å²) in [5.41, 5.74) is 1.23. The molecule has 0 fully saturated rings. The van der Waals surface area contributed by atoms with Crippen molar-refractivity contribution in [3.8, 4) is 6.07 Å². The average Bonchev–Trinajstić information content (AvgIpc) is 2.46. The normalized spacial score (nSPS) is 10.8. The molecular formula is C14H15BrClN3O. The zero-order chi connectivity index (χ0) is 14.8. The van der Waals surface area contributed by atoms with Crippen molar-refractivity contribution in [3.05, 3.63) is 46.1 Å². The molecule has 20 heavy (non-hydrogen) atoms. The van der Waals surface area contributed by atoms with Gasteiger partial charge in [0, 0.05) is 29.6 Å². The second-order valence-electron chi connectivity index (χ2n) is 3.95. The molecule has 0 aliphatic heterocycles. The Kier molecular flexibility index (Phi) is 7.78. The predicted octanol–water partition coefficient (Wildman–Crippen LogP) is 2.34. The lowest BCUT2D eigenvalue weighted by molar-refractivity contribution is -0.117. The van der Waals surface area contributed by atoms with Crippen LogP contribution in [0.25, 0.3) is 0 Å². The Bertz CT molecular complexity index is 508. The third kappa shape index (κ3) is 6.09. The fourth-order valence-corrected chi connectivity index (χ4v) is 1.81. The van der Waals surface area contributed by atoms with Crippen molar-refractivity contribution >= 4 is 33.4 Å². The highest BCUT2D eigenvalue weighted by Crippen LogP contribution is 2.10. The number of carbonyl (C=O) groups excluding carboxylic acids is 1. The van der Waals surface area contributed by atoms with E-state index < -0.39 is 5.91 Å². The van der Waals surface area contributed by atoms with Gasteiger partial charge in [0.2, 0.25) is 0 Å². The van der Waals surface area contributed by atoms with E-state index >= 15 is 0 Å². The zero-order valence-electron chi connectivity index (χ0n) is 10.8. The fourth-order valence-electron chi connectivity index (χ4n) is 1.45. The molecule has 1 amide bonds. The molecule has 0 heterocycles. The minimum atomic E-state index is -0.413. The number of nitrogens with zero attached hydrogens (tertiary/aromatic N) is 1. The summed E-state index contributed by atoms with van der Waals surface area (Å²) in [7, 11) is 0.